The molecule has 2 amide bonds. The summed E-state index contributed by atoms with van der Waals surface area (Å²) in [4.78, 5) is 51.5. The summed E-state index contributed by atoms with van der Waals surface area (Å²) in [5.41, 5.74) is 1.45. The Hall–Kier alpha value is -3.48. The molecule has 1 fully saturated rings. The molecule has 7 nitrogen and oxygen atoms in total. The SMILES string of the molecule is O=C1c2ccccc2C(=O)N1OC(=O)C1(Cc2nc3ccccc3[nH]2)CCCC1. The number of imide groups is 1. The molecule has 29 heavy (non-hydrogen) atoms. The zero-order valence-electron chi connectivity index (χ0n) is 15.7. The molecule has 2 aliphatic rings. The van der Waals surface area contributed by atoms with Crippen LogP contribution in [0.5, 0.6) is 0 Å². The molecule has 2 aromatic carbocycles. The first-order valence-corrected chi connectivity index (χ1v) is 9.71. The number of carbonyl (C=O) groups excluding carboxylic acids is 3. The lowest BCUT2D eigenvalue weighted by Crippen LogP contribution is -2.40. The predicted molar refractivity (Wildman–Crippen MR) is 104 cm³/mol. The van der Waals surface area contributed by atoms with E-state index in [2.05, 4.69) is 9.97 Å². The van der Waals surface area contributed by atoms with Crippen molar-refractivity contribution >= 4 is 28.8 Å². The number of benzene rings is 2. The van der Waals surface area contributed by atoms with Gasteiger partial charge in [-0.25, -0.2) is 9.78 Å². The Morgan fingerprint density at radius 1 is 1.00 bits per heavy atom. The summed E-state index contributed by atoms with van der Waals surface area (Å²) in [7, 11) is 0. The van der Waals surface area contributed by atoms with E-state index in [0.29, 0.717) is 30.2 Å². The number of hydroxylamine groups is 2. The number of hydrogen-bond donors (Lipinski definition) is 1. The third-order valence-corrected chi connectivity index (χ3v) is 5.87. The van der Waals surface area contributed by atoms with Gasteiger partial charge in [0.05, 0.1) is 27.6 Å². The fraction of sp³-hybridized carbons (Fsp3) is 0.273. The number of imidazole rings is 1. The summed E-state index contributed by atoms with van der Waals surface area (Å²) in [6.07, 6.45) is 3.41. The van der Waals surface area contributed by atoms with E-state index in [1.165, 1.54) is 0 Å². The summed E-state index contributed by atoms with van der Waals surface area (Å²) in [6, 6.07) is 14.1. The third kappa shape index (κ3) is 2.81. The van der Waals surface area contributed by atoms with Gasteiger partial charge < -0.3 is 9.82 Å². The normalized spacial score (nSPS) is 17.7. The van der Waals surface area contributed by atoms with Gasteiger partial charge in [-0.2, -0.15) is 0 Å². The minimum absolute atomic E-state index is 0.253. The van der Waals surface area contributed by atoms with Gasteiger partial charge in [0.25, 0.3) is 11.8 Å². The van der Waals surface area contributed by atoms with Crippen LogP contribution < -0.4 is 0 Å². The standard InChI is InChI=1S/C22H19N3O4/c26-19-14-7-1-2-8-15(14)20(27)25(19)29-21(28)22(11-5-6-12-22)13-18-23-16-9-3-4-10-17(16)24-18/h1-4,7-10H,5-6,11-13H2,(H,23,24). The molecule has 1 aromatic heterocycles. The number of aromatic nitrogens is 2. The predicted octanol–water partition coefficient (Wildman–Crippen LogP) is 3.42. The van der Waals surface area contributed by atoms with Crippen LogP contribution in [0.25, 0.3) is 11.0 Å². The largest absolute Gasteiger partial charge is 0.342 e. The van der Waals surface area contributed by atoms with Gasteiger partial charge in [0.15, 0.2) is 0 Å². The van der Waals surface area contributed by atoms with E-state index in [0.717, 1.165) is 23.9 Å². The molecular formula is C22H19N3O4. The van der Waals surface area contributed by atoms with Gasteiger partial charge in [-0.3, -0.25) is 9.59 Å². The van der Waals surface area contributed by atoms with Gasteiger partial charge in [0.1, 0.15) is 5.82 Å². The van der Waals surface area contributed by atoms with Crippen LogP contribution in [0.3, 0.4) is 0 Å². The maximum absolute atomic E-state index is 13.2. The molecule has 0 spiro atoms. The van der Waals surface area contributed by atoms with Gasteiger partial charge in [-0.05, 0) is 37.1 Å². The number of rotatable bonds is 4. The minimum atomic E-state index is -0.802. The zero-order chi connectivity index (χ0) is 20.0. The van der Waals surface area contributed by atoms with E-state index in [1.807, 2.05) is 24.3 Å². The van der Waals surface area contributed by atoms with E-state index < -0.39 is 23.2 Å². The van der Waals surface area contributed by atoms with Crippen LogP contribution in [0.1, 0.15) is 52.2 Å². The fourth-order valence-corrected chi connectivity index (χ4v) is 4.34. The van der Waals surface area contributed by atoms with Crippen LogP contribution in [0.15, 0.2) is 48.5 Å². The van der Waals surface area contributed by atoms with Crippen molar-refractivity contribution in [2.24, 2.45) is 5.41 Å². The minimum Gasteiger partial charge on any atom is -0.342 e. The number of H-pyrrole nitrogens is 1. The number of aromatic amines is 1. The maximum atomic E-state index is 13.2. The highest BCUT2D eigenvalue weighted by Crippen LogP contribution is 2.42. The van der Waals surface area contributed by atoms with Gasteiger partial charge in [-0.15, -0.1) is 0 Å². The molecule has 7 heteroatoms. The van der Waals surface area contributed by atoms with Gasteiger partial charge in [-0.1, -0.05) is 42.2 Å². The Balaban J connectivity index is 1.40. The highest BCUT2D eigenvalue weighted by Gasteiger charge is 2.47. The van der Waals surface area contributed by atoms with Gasteiger partial charge in [0.2, 0.25) is 0 Å². The van der Waals surface area contributed by atoms with Crippen molar-refractivity contribution in [3.05, 3.63) is 65.5 Å². The summed E-state index contributed by atoms with van der Waals surface area (Å²) in [5.74, 6) is -1.05. The molecule has 3 aromatic rings. The molecule has 0 radical (unpaired) electrons. The Labute approximate surface area is 166 Å². The number of hydrogen-bond acceptors (Lipinski definition) is 5. The van der Waals surface area contributed by atoms with Crippen molar-refractivity contribution in [3.8, 4) is 0 Å². The molecule has 0 atom stereocenters. The molecule has 146 valence electrons. The second-order valence-electron chi connectivity index (χ2n) is 7.69. The van der Waals surface area contributed by atoms with E-state index in [9.17, 15) is 14.4 Å². The molecule has 0 saturated heterocycles. The van der Waals surface area contributed by atoms with Gasteiger partial charge >= 0.3 is 5.97 Å². The average Bonchev–Trinajstić information content (AvgIpc) is 3.43. The van der Waals surface area contributed by atoms with Crippen LogP contribution in [-0.2, 0) is 16.1 Å². The van der Waals surface area contributed by atoms with Crippen molar-refractivity contribution in [3.63, 3.8) is 0 Å². The Bertz CT molecular complexity index is 1080. The highest BCUT2D eigenvalue weighted by atomic mass is 16.7. The number of carbonyl (C=O) groups is 3. The lowest BCUT2D eigenvalue weighted by Gasteiger charge is -2.27. The fourth-order valence-electron chi connectivity index (χ4n) is 4.34. The van der Waals surface area contributed by atoms with E-state index in [1.54, 1.807) is 24.3 Å². The molecule has 1 aliphatic carbocycles. The van der Waals surface area contributed by atoms with Crippen molar-refractivity contribution in [2.75, 3.05) is 0 Å². The summed E-state index contributed by atoms with van der Waals surface area (Å²) in [5, 5.41) is 0.603. The number of fused-ring (bicyclic) bond motifs is 2. The number of para-hydroxylation sites is 2. The zero-order valence-corrected chi connectivity index (χ0v) is 15.7. The molecule has 1 saturated carbocycles. The Kier molecular flexibility index (Phi) is 3.97. The van der Waals surface area contributed by atoms with Crippen LogP contribution in [-0.4, -0.2) is 32.8 Å². The Morgan fingerprint density at radius 2 is 1.62 bits per heavy atom. The molecular weight excluding hydrogens is 370 g/mol. The molecule has 5 rings (SSSR count). The smallest absolute Gasteiger partial charge is 0.339 e. The van der Waals surface area contributed by atoms with Gasteiger partial charge in [0, 0.05) is 6.42 Å². The number of nitrogens with zero attached hydrogens (tertiary/aromatic N) is 2. The quantitative estimate of drug-likeness (QED) is 0.690. The number of amides is 2. The lowest BCUT2D eigenvalue weighted by molar-refractivity contribution is -0.181. The first kappa shape index (κ1) is 17.6. The van der Waals surface area contributed by atoms with Crippen molar-refractivity contribution < 1.29 is 19.2 Å². The van der Waals surface area contributed by atoms with Crippen LogP contribution >= 0.6 is 0 Å². The summed E-state index contributed by atoms with van der Waals surface area (Å²) >= 11 is 0. The van der Waals surface area contributed by atoms with E-state index in [4.69, 9.17) is 4.84 Å². The number of nitrogens with one attached hydrogen (secondary N) is 1. The van der Waals surface area contributed by atoms with Crippen molar-refractivity contribution in [2.45, 2.75) is 32.1 Å². The highest BCUT2D eigenvalue weighted by molar-refractivity contribution is 6.20. The molecule has 1 aliphatic heterocycles. The third-order valence-electron chi connectivity index (χ3n) is 5.87. The molecule has 2 heterocycles. The van der Waals surface area contributed by atoms with E-state index in [-0.39, 0.29) is 11.1 Å². The molecule has 1 N–H and O–H groups in total. The van der Waals surface area contributed by atoms with Crippen LogP contribution in [0.2, 0.25) is 0 Å². The monoisotopic (exact) mass is 389 g/mol. The van der Waals surface area contributed by atoms with Crippen LogP contribution in [0, 0.1) is 5.41 Å². The molecule has 0 bridgehead atoms. The van der Waals surface area contributed by atoms with E-state index >= 15 is 0 Å². The first-order valence-electron chi connectivity index (χ1n) is 9.71. The second kappa shape index (κ2) is 6.55. The summed E-state index contributed by atoms with van der Waals surface area (Å²) < 4.78 is 0. The average molecular weight is 389 g/mol. The Morgan fingerprint density at radius 3 is 2.28 bits per heavy atom. The summed E-state index contributed by atoms with van der Waals surface area (Å²) in [6.45, 7) is 0. The maximum Gasteiger partial charge on any atom is 0.339 e. The van der Waals surface area contributed by atoms with Crippen molar-refractivity contribution in [1.29, 1.82) is 0 Å². The molecule has 0 unspecified atom stereocenters. The van der Waals surface area contributed by atoms with Crippen molar-refractivity contribution in [1.82, 2.24) is 15.0 Å². The second-order valence-corrected chi connectivity index (χ2v) is 7.69. The van der Waals surface area contributed by atoms with Crippen LogP contribution in [0.4, 0.5) is 0 Å². The topological polar surface area (TPSA) is 92.4 Å². The lowest BCUT2D eigenvalue weighted by atomic mass is 9.82. The first-order chi connectivity index (χ1) is 14.1.